The highest BCUT2D eigenvalue weighted by Gasteiger charge is 2.12. The lowest BCUT2D eigenvalue weighted by Crippen LogP contribution is -2.36. The van der Waals surface area contributed by atoms with Crippen LogP contribution in [0.25, 0.3) is 0 Å². The molecule has 1 fully saturated rings. The lowest BCUT2D eigenvalue weighted by atomic mass is 10.1. The average molecular weight is 382 g/mol. The van der Waals surface area contributed by atoms with E-state index in [2.05, 4.69) is 20.5 Å². The second-order valence-corrected chi connectivity index (χ2v) is 6.76. The first-order chi connectivity index (χ1) is 13.7. The van der Waals surface area contributed by atoms with Gasteiger partial charge in [0.15, 0.2) is 0 Å². The van der Waals surface area contributed by atoms with Crippen molar-refractivity contribution in [1.29, 1.82) is 0 Å². The Labute approximate surface area is 165 Å². The molecule has 0 spiro atoms. The molecule has 0 unspecified atom stereocenters. The molecular formula is C21H26N4O3. The average Bonchev–Trinajstić information content (AvgIpc) is 2.77. The van der Waals surface area contributed by atoms with E-state index in [1.54, 1.807) is 37.6 Å². The van der Waals surface area contributed by atoms with Crippen LogP contribution >= 0.6 is 0 Å². The minimum Gasteiger partial charge on any atom is -0.497 e. The van der Waals surface area contributed by atoms with E-state index < -0.39 is 0 Å². The van der Waals surface area contributed by atoms with Crippen molar-refractivity contribution in [2.45, 2.75) is 25.8 Å². The molecule has 1 saturated heterocycles. The van der Waals surface area contributed by atoms with E-state index in [0.717, 1.165) is 24.5 Å². The molecule has 3 rings (SSSR count). The molecule has 2 N–H and O–H groups in total. The number of hydrogen-bond acceptors (Lipinski definition) is 5. The molecule has 1 aliphatic rings. The first kappa shape index (κ1) is 19.7. The van der Waals surface area contributed by atoms with Crippen LogP contribution < -0.4 is 20.3 Å². The fourth-order valence-electron chi connectivity index (χ4n) is 3.10. The van der Waals surface area contributed by atoms with Gasteiger partial charge in [0, 0.05) is 31.4 Å². The molecule has 0 atom stereocenters. The van der Waals surface area contributed by atoms with Crippen LogP contribution in [-0.4, -0.2) is 43.5 Å². The zero-order valence-electron chi connectivity index (χ0n) is 16.1. The summed E-state index contributed by atoms with van der Waals surface area (Å²) < 4.78 is 5.06. The Kier molecular flexibility index (Phi) is 6.84. The van der Waals surface area contributed by atoms with E-state index in [1.165, 1.54) is 19.3 Å². The van der Waals surface area contributed by atoms with Gasteiger partial charge in [-0.2, -0.15) is 0 Å². The molecule has 1 aliphatic heterocycles. The van der Waals surface area contributed by atoms with Crippen LogP contribution in [-0.2, 0) is 11.3 Å². The SMILES string of the molecule is COc1ccc(C(=O)NCC(=O)NCc2ccc(N3CCCCC3)nc2)cc1. The predicted octanol–water partition coefficient (Wildman–Crippen LogP) is 2.13. The molecule has 1 aromatic carbocycles. The number of amides is 2. The summed E-state index contributed by atoms with van der Waals surface area (Å²) in [5.41, 5.74) is 1.40. The first-order valence-electron chi connectivity index (χ1n) is 9.54. The van der Waals surface area contributed by atoms with E-state index in [1.807, 2.05) is 12.1 Å². The van der Waals surface area contributed by atoms with Gasteiger partial charge in [-0.05, 0) is 55.2 Å². The summed E-state index contributed by atoms with van der Waals surface area (Å²) in [4.78, 5) is 30.9. The van der Waals surface area contributed by atoms with Gasteiger partial charge in [0.05, 0.1) is 13.7 Å². The monoisotopic (exact) mass is 382 g/mol. The number of piperidine rings is 1. The highest BCUT2D eigenvalue weighted by atomic mass is 16.5. The molecule has 0 bridgehead atoms. The molecule has 0 radical (unpaired) electrons. The summed E-state index contributed by atoms with van der Waals surface area (Å²) in [6, 6.07) is 10.7. The summed E-state index contributed by atoms with van der Waals surface area (Å²) in [5.74, 6) is 1.11. The maximum Gasteiger partial charge on any atom is 0.251 e. The smallest absolute Gasteiger partial charge is 0.251 e. The summed E-state index contributed by atoms with van der Waals surface area (Å²) in [7, 11) is 1.57. The van der Waals surface area contributed by atoms with Crippen LogP contribution in [0.2, 0.25) is 0 Å². The zero-order chi connectivity index (χ0) is 19.8. The van der Waals surface area contributed by atoms with Gasteiger partial charge in [0.1, 0.15) is 11.6 Å². The Morgan fingerprint density at radius 1 is 1.04 bits per heavy atom. The molecule has 2 aromatic rings. The Morgan fingerprint density at radius 2 is 1.79 bits per heavy atom. The van der Waals surface area contributed by atoms with Crippen molar-refractivity contribution < 1.29 is 14.3 Å². The van der Waals surface area contributed by atoms with Crippen molar-refractivity contribution in [1.82, 2.24) is 15.6 Å². The van der Waals surface area contributed by atoms with Crippen molar-refractivity contribution in [3.05, 3.63) is 53.7 Å². The number of hydrogen-bond donors (Lipinski definition) is 2. The normalized spacial score (nSPS) is 13.7. The fourth-order valence-corrected chi connectivity index (χ4v) is 3.10. The van der Waals surface area contributed by atoms with Gasteiger partial charge in [-0.3, -0.25) is 9.59 Å². The fraction of sp³-hybridized carbons (Fsp3) is 0.381. The van der Waals surface area contributed by atoms with Crippen molar-refractivity contribution >= 4 is 17.6 Å². The quantitative estimate of drug-likeness (QED) is 0.766. The highest BCUT2D eigenvalue weighted by molar-refractivity contribution is 5.96. The maximum atomic E-state index is 12.1. The zero-order valence-corrected chi connectivity index (χ0v) is 16.1. The summed E-state index contributed by atoms with van der Waals surface area (Å²) >= 11 is 0. The molecule has 2 heterocycles. The van der Waals surface area contributed by atoms with Crippen molar-refractivity contribution in [3.8, 4) is 5.75 Å². The molecule has 1 aromatic heterocycles. The lowest BCUT2D eigenvalue weighted by Gasteiger charge is -2.27. The maximum absolute atomic E-state index is 12.1. The van der Waals surface area contributed by atoms with Crippen LogP contribution in [0.3, 0.4) is 0 Å². The van der Waals surface area contributed by atoms with Gasteiger partial charge in [-0.1, -0.05) is 6.07 Å². The third-order valence-corrected chi connectivity index (χ3v) is 4.74. The number of carbonyl (C=O) groups is 2. The second kappa shape index (κ2) is 9.73. The summed E-state index contributed by atoms with van der Waals surface area (Å²) in [6.45, 7) is 2.41. The van der Waals surface area contributed by atoms with Crippen LogP contribution in [0.5, 0.6) is 5.75 Å². The molecule has 0 saturated carbocycles. The van der Waals surface area contributed by atoms with E-state index >= 15 is 0 Å². The van der Waals surface area contributed by atoms with E-state index in [4.69, 9.17) is 4.74 Å². The van der Waals surface area contributed by atoms with E-state index in [-0.39, 0.29) is 18.4 Å². The third kappa shape index (κ3) is 5.45. The van der Waals surface area contributed by atoms with Crippen LogP contribution in [0.15, 0.2) is 42.6 Å². The lowest BCUT2D eigenvalue weighted by molar-refractivity contribution is -0.120. The van der Waals surface area contributed by atoms with Crippen molar-refractivity contribution in [3.63, 3.8) is 0 Å². The molecule has 0 aliphatic carbocycles. The van der Waals surface area contributed by atoms with Crippen LogP contribution in [0, 0.1) is 0 Å². The van der Waals surface area contributed by atoms with Crippen LogP contribution in [0.1, 0.15) is 35.2 Å². The molecule has 28 heavy (non-hydrogen) atoms. The number of carbonyl (C=O) groups excluding carboxylic acids is 2. The van der Waals surface area contributed by atoms with Gasteiger partial charge in [-0.15, -0.1) is 0 Å². The van der Waals surface area contributed by atoms with Gasteiger partial charge in [0.2, 0.25) is 5.91 Å². The number of nitrogens with one attached hydrogen (secondary N) is 2. The number of ether oxygens (including phenoxy) is 1. The van der Waals surface area contributed by atoms with Crippen molar-refractivity contribution in [2.24, 2.45) is 0 Å². The van der Waals surface area contributed by atoms with Crippen molar-refractivity contribution in [2.75, 3.05) is 31.6 Å². The minimum absolute atomic E-state index is 0.0792. The van der Waals surface area contributed by atoms with E-state index in [9.17, 15) is 9.59 Å². The Hall–Kier alpha value is -3.09. The number of anilines is 1. The third-order valence-electron chi connectivity index (χ3n) is 4.74. The topological polar surface area (TPSA) is 83.6 Å². The Bertz CT molecular complexity index is 784. The molecule has 7 heteroatoms. The van der Waals surface area contributed by atoms with E-state index in [0.29, 0.717) is 17.9 Å². The van der Waals surface area contributed by atoms with Gasteiger partial charge >= 0.3 is 0 Å². The minimum atomic E-state index is -0.301. The number of rotatable bonds is 7. The summed E-state index contributed by atoms with van der Waals surface area (Å²) in [6.07, 6.45) is 5.50. The molecule has 148 valence electrons. The van der Waals surface area contributed by atoms with Gasteiger partial charge in [0.25, 0.3) is 5.91 Å². The Balaban J connectivity index is 1.41. The number of pyridine rings is 1. The largest absolute Gasteiger partial charge is 0.497 e. The van der Waals surface area contributed by atoms with Gasteiger partial charge < -0.3 is 20.3 Å². The number of methoxy groups -OCH3 is 1. The second-order valence-electron chi connectivity index (χ2n) is 6.76. The van der Waals surface area contributed by atoms with Crippen LogP contribution in [0.4, 0.5) is 5.82 Å². The number of nitrogens with zero attached hydrogens (tertiary/aromatic N) is 2. The predicted molar refractivity (Wildman–Crippen MR) is 107 cm³/mol. The molecule has 7 nitrogen and oxygen atoms in total. The number of aromatic nitrogens is 1. The molecular weight excluding hydrogens is 356 g/mol. The molecule has 2 amide bonds. The summed E-state index contributed by atoms with van der Waals surface area (Å²) in [5, 5.41) is 5.41. The number of benzene rings is 1. The first-order valence-corrected chi connectivity index (χ1v) is 9.54. The highest BCUT2D eigenvalue weighted by Crippen LogP contribution is 2.17. The standard InChI is InChI=1S/C21H26N4O3/c1-28-18-8-6-17(7-9-18)21(27)24-15-20(26)23-14-16-5-10-19(22-13-16)25-11-3-2-4-12-25/h5-10,13H,2-4,11-12,14-15H2,1H3,(H,23,26)(H,24,27). The Morgan fingerprint density at radius 3 is 2.43 bits per heavy atom. The van der Waals surface area contributed by atoms with Gasteiger partial charge in [-0.25, -0.2) is 4.98 Å².